The van der Waals surface area contributed by atoms with Crippen LogP contribution in [-0.4, -0.2) is 6.04 Å². The summed E-state index contributed by atoms with van der Waals surface area (Å²) in [4.78, 5) is 0. The van der Waals surface area contributed by atoms with Crippen molar-refractivity contribution < 1.29 is 4.39 Å². The molecule has 0 saturated heterocycles. The largest absolute Gasteiger partial charge is 0.271 e. The molecule has 2 aromatic carbocycles. The van der Waals surface area contributed by atoms with Gasteiger partial charge in [-0.1, -0.05) is 47.5 Å². The van der Waals surface area contributed by atoms with Gasteiger partial charge in [-0.15, -0.1) is 0 Å². The first-order chi connectivity index (χ1) is 9.58. The van der Waals surface area contributed by atoms with Gasteiger partial charge >= 0.3 is 0 Å². The maximum Gasteiger partial charge on any atom is 0.127 e. The second kappa shape index (κ2) is 6.84. The highest BCUT2D eigenvalue weighted by Crippen LogP contribution is 2.17. The van der Waals surface area contributed by atoms with E-state index >= 15 is 0 Å². The summed E-state index contributed by atoms with van der Waals surface area (Å²) in [5.41, 5.74) is 5.76. The third-order valence-electron chi connectivity index (χ3n) is 3.28. The Kier molecular flexibility index (Phi) is 5.12. The van der Waals surface area contributed by atoms with Crippen molar-refractivity contribution in [3.05, 3.63) is 70.0 Å². The minimum Gasteiger partial charge on any atom is -0.271 e. The number of nitrogens with one attached hydrogen (secondary N) is 1. The predicted octanol–water partition coefficient (Wildman–Crippen LogP) is 3.40. The van der Waals surface area contributed by atoms with Crippen LogP contribution in [0.25, 0.3) is 0 Å². The Bertz CT molecular complexity index is 586. The summed E-state index contributed by atoms with van der Waals surface area (Å²) >= 11 is 5.75. The zero-order valence-corrected chi connectivity index (χ0v) is 12.1. The lowest BCUT2D eigenvalue weighted by molar-refractivity contribution is 0.506. The fraction of sp³-hybridized carbons (Fsp3) is 0.250. The van der Waals surface area contributed by atoms with Crippen molar-refractivity contribution in [2.45, 2.75) is 25.8 Å². The molecule has 1 unspecified atom stereocenters. The van der Waals surface area contributed by atoms with Crippen molar-refractivity contribution in [2.24, 2.45) is 5.84 Å². The van der Waals surface area contributed by atoms with Crippen LogP contribution in [-0.2, 0) is 12.8 Å². The van der Waals surface area contributed by atoms with Crippen LogP contribution in [0, 0.1) is 12.7 Å². The zero-order chi connectivity index (χ0) is 14.5. The normalized spacial score (nSPS) is 12.4. The molecule has 0 heterocycles. The SMILES string of the molecule is Cc1cccc(CC(Cc2ccc(Cl)cc2F)NN)c1. The maximum atomic E-state index is 13.8. The molecule has 2 rings (SSSR count). The number of aryl methyl sites for hydroxylation is 1. The molecule has 2 nitrogen and oxygen atoms in total. The fourth-order valence-corrected chi connectivity index (χ4v) is 2.43. The molecule has 3 N–H and O–H groups in total. The van der Waals surface area contributed by atoms with E-state index < -0.39 is 0 Å². The monoisotopic (exact) mass is 292 g/mol. The van der Waals surface area contributed by atoms with Gasteiger partial charge in [-0.3, -0.25) is 11.3 Å². The lowest BCUT2D eigenvalue weighted by Gasteiger charge is -2.17. The second-order valence-corrected chi connectivity index (χ2v) is 5.43. The molecule has 106 valence electrons. The highest BCUT2D eigenvalue weighted by atomic mass is 35.5. The Morgan fingerprint density at radius 1 is 1.20 bits per heavy atom. The van der Waals surface area contributed by atoms with Crippen LogP contribution >= 0.6 is 11.6 Å². The molecule has 0 radical (unpaired) electrons. The lowest BCUT2D eigenvalue weighted by Crippen LogP contribution is -2.38. The quantitative estimate of drug-likeness (QED) is 0.655. The molecule has 0 aromatic heterocycles. The van der Waals surface area contributed by atoms with E-state index in [1.807, 2.05) is 19.1 Å². The van der Waals surface area contributed by atoms with Crippen LogP contribution in [0.2, 0.25) is 5.02 Å². The number of nitrogens with two attached hydrogens (primary N) is 1. The number of hydrogen-bond donors (Lipinski definition) is 2. The van der Waals surface area contributed by atoms with Crippen molar-refractivity contribution in [2.75, 3.05) is 0 Å². The summed E-state index contributed by atoms with van der Waals surface area (Å²) in [7, 11) is 0. The summed E-state index contributed by atoms with van der Waals surface area (Å²) in [5, 5.41) is 0.405. The van der Waals surface area contributed by atoms with Crippen LogP contribution in [0.1, 0.15) is 16.7 Å². The maximum absolute atomic E-state index is 13.8. The summed E-state index contributed by atoms with van der Waals surface area (Å²) in [6.45, 7) is 2.05. The summed E-state index contributed by atoms with van der Waals surface area (Å²) < 4.78 is 13.8. The molecule has 0 aliphatic rings. The molecular weight excluding hydrogens is 275 g/mol. The molecule has 20 heavy (non-hydrogen) atoms. The molecule has 0 saturated carbocycles. The third kappa shape index (κ3) is 4.04. The third-order valence-corrected chi connectivity index (χ3v) is 3.52. The highest BCUT2D eigenvalue weighted by Gasteiger charge is 2.12. The Hall–Kier alpha value is -1.42. The van der Waals surface area contributed by atoms with E-state index in [-0.39, 0.29) is 11.9 Å². The highest BCUT2D eigenvalue weighted by molar-refractivity contribution is 6.30. The standard InChI is InChI=1S/C16H18ClFN2/c1-11-3-2-4-12(7-11)8-15(20-19)9-13-5-6-14(17)10-16(13)18/h2-7,10,15,20H,8-9,19H2,1H3. The van der Waals surface area contributed by atoms with Crippen molar-refractivity contribution >= 4 is 11.6 Å². The average molecular weight is 293 g/mol. The van der Waals surface area contributed by atoms with E-state index in [2.05, 4.69) is 17.6 Å². The minimum absolute atomic E-state index is 0.0209. The molecule has 1 atom stereocenters. The van der Waals surface area contributed by atoms with E-state index in [0.29, 0.717) is 17.0 Å². The molecule has 0 amide bonds. The first-order valence-electron chi connectivity index (χ1n) is 6.54. The number of hydrogen-bond acceptors (Lipinski definition) is 2. The predicted molar refractivity (Wildman–Crippen MR) is 81.1 cm³/mol. The zero-order valence-electron chi connectivity index (χ0n) is 11.4. The first-order valence-corrected chi connectivity index (χ1v) is 6.92. The van der Waals surface area contributed by atoms with E-state index in [1.165, 1.54) is 17.2 Å². The number of rotatable bonds is 5. The average Bonchev–Trinajstić information content (AvgIpc) is 2.41. The summed E-state index contributed by atoms with van der Waals surface area (Å²) in [5.74, 6) is 5.30. The van der Waals surface area contributed by atoms with Crippen LogP contribution in [0.15, 0.2) is 42.5 Å². The molecule has 0 bridgehead atoms. The van der Waals surface area contributed by atoms with Gasteiger partial charge in [-0.25, -0.2) is 4.39 Å². The molecule has 0 aliphatic heterocycles. The van der Waals surface area contributed by atoms with Crippen LogP contribution < -0.4 is 11.3 Å². The van der Waals surface area contributed by atoms with Crippen molar-refractivity contribution in [1.29, 1.82) is 0 Å². The van der Waals surface area contributed by atoms with Crippen LogP contribution in [0.5, 0.6) is 0 Å². The van der Waals surface area contributed by atoms with E-state index in [9.17, 15) is 4.39 Å². The molecule has 0 aliphatic carbocycles. The molecule has 0 spiro atoms. The van der Waals surface area contributed by atoms with Crippen molar-refractivity contribution in [1.82, 2.24) is 5.43 Å². The smallest absolute Gasteiger partial charge is 0.127 e. The second-order valence-electron chi connectivity index (χ2n) is 5.00. The van der Waals surface area contributed by atoms with Gasteiger partial charge in [-0.05, 0) is 43.0 Å². The van der Waals surface area contributed by atoms with E-state index in [4.69, 9.17) is 17.4 Å². The number of halogens is 2. The Balaban J connectivity index is 2.09. The van der Waals surface area contributed by atoms with Gasteiger partial charge in [0.1, 0.15) is 5.82 Å². The van der Waals surface area contributed by atoms with E-state index in [1.54, 1.807) is 12.1 Å². The van der Waals surface area contributed by atoms with Crippen LogP contribution in [0.3, 0.4) is 0 Å². The van der Waals surface area contributed by atoms with E-state index in [0.717, 1.165) is 6.42 Å². The molecule has 2 aromatic rings. The molecule has 0 fully saturated rings. The van der Waals surface area contributed by atoms with Gasteiger partial charge in [0.05, 0.1) is 0 Å². The van der Waals surface area contributed by atoms with Gasteiger partial charge < -0.3 is 0 Å². The van der Waals surface area contributed by atoms with Gasteiger partial charge in [0, 0.05) is 11.1 Å². The summed E-state index contributed by atoms with van der Waals surface area (Å²) in [6.07, 6.45) is 1.27. The molecule has 4 heteroatoms. The van der Waals surface area contributed by atoms with Crippen LogP contribution in [0.4, 0.5) is 4.39 Å². The molecular formula is C16H18ClFN2. The van der Waals surface area contributed by atoms with Gasteiger partial charge in [0.25, 0.3) is 0 Å². The summed E-state index contributed by atoms with van der Waals surface area (Å²) in [6, 6.07) is 12.9. The fourth-order valence-electron chi connectivity index (χ4n) is 2.27. The van der Waals surface area contributed by atoms with Gasteiger partial charge in [0.2, 0.25) is 0 Å². The first kappa shape index (κ1) is 15.0. The minimum atomic E-state index is -0.290. The topological polar surface area (TPSA) is 38.0 Å². The lowest BCUT2D eigenvalue weighted by atomic mass is 9.98. The van der Waals surface area contributed by atoms with Gasteiger partial charge in [0.15, 0.2) is 0 Å². The number of hydrazine groups is 1. The van der Waals surface area contributed by atoms with Crippen molar-refractivity contribution in [3.8, 4) is 0 Å². The van der Waals surface area contributed by atoms with Crippen molar-refractivity contribution in [3.63, 3.8) is 0 Å². The Labute approximate surface area is 123 Å². The Morgan fingerprint density at radius 2 is 2.00 bits per heavy atom. The number of benzene rings is 2. The van der Waals surface area contributed by atoms with Gasteiger partial charge in [-0.2, -0.15) is 0 Å². The Morgan fingerprint density at radius 3 is 2.65 bits per heavy atom.